The zero-order valence-corrected chi connectivity index (χ0v) is 19.7. The van der Waals surface area contributed by atoms with Crippen LogP contribution in [0.4, 0.5) is 0 Å². The molecule has 0 spiro atoms. The zero-order chi connectivity index (χ0) is 24.1. The number of methoxy groups -OCH3 is 3. The van der Waals surface area contributed by atoms with Gasteiger partial charge in [0.25, 0.3) is 0 Å². The second kappa shape index (κ2) is 10.2. The third-order valence-electron chi connectivity index (χ3n) is 5.67. The predicted octanol–water partition coefficient (Wildman–Crippen LogP) is 5.85. The van der Waals surface area contributed by atoms with Crippen LogP contribution in [0.2, 0.25) is 0 Å². The van der Waals surface area contributed by atoms with Crippen molar-refractivity contribution in [3.05, 3.63) is 84.1 Å². The second-order valence-corrected chi connectivity index (χ2v) is 7.79. The molecule has 1 N–H and O–H groups in total. The van der Waals surface area contributed by atoms with E-state index in [1.807, 2.05) is 67.6 Å². The molecule has 0 bridgehead atoms. The maximum absolute atomic E-state index is 12.6. The van der Waals surface area contributed by atoms with Gasteiger partial charge in [0.05, 0.1) is 27.6 Å². The van der Waals surface area contributed by atoms with E-state index < -0.39 is 0 Å². The average molecular weight is 458 g/mol. The molecular formula is C28H27NO5. The standard InChI is InChI=1S/C28H27NO5/c1-18(12-28(30)29-16-19-8-6-5-7-9-19)21-14-23-24(17-34-27(23)15-26(21)33-4)22-13-20(31-2)10-11-25(22)32-3/h5-15,17H,16H2,1-4H3,(H,29,30)/b18-12+. The van der Waals surface area contributed by atoms with Gasteiger partial charge in [-0.3, -0.25) is 4.79 Å². The lowest BCUT2D eigenvalue weighted by molar-refractivity contribution is -0.116. The molecule has 0 radical (unpaired) electrons. The largest absolute Gasteiger partial charge is 0.497 e. The van der Waals surface area contributed by atoms with Gasteiger partial charge in [-0.2, -0.15) is 0 Å². The molecule has 0 saturated carbocycles. The van der Waals surface area contributed by atoms with E-state index in [2.05, 4.69) is 5.32 Å². The molecule has 0 aliphatic carbocycles. The first-order valence-electron chi connectivity index (χ1n) is 10.9. The summed E-state index contributed by atoms with van der Waals surface area (Å²) < 4.78 is 22.4. The summed E-state index contributed by atoms with van der Waals surface area (Å²) in [5, 5.41) is 3.80. The van der Waals surface area contributed by atoms with Gasteiger partial charge >= 0.3 is 0 Å². The van der Waals surface area contributed by atoms with E-state index in [0.717, 1.165) is 33.2 Å². The van der Waals surface area contributed by atoms with Crippen LogP contribution in [-0.4, -0.2) is 27.2 Å². The number of hydrogen-bond acceptors (Lipinski definition) is 5. The summed E-state index contributed by atoms with van der Waals surface area (Å²) in [4.78, 5) is 12.6. The number of benzene rings is 3. The van der Waals surface area contributed by atoms with Gasteiger partial charge in [0.15, 0.2) is 0 Å². The lowest BCUT2D eigenvalue weighted by Crippen LogP contribution is -2.20. The van der Waals surface area contributed by atoms with Gasteiger partial charge in [-0.05, 0) is 42.3 Å². The van der Waals surface area contributed by atoms with Gasteiger partial charge in [-0.1, -0.05) is 30.3 Å². The normalized spacial score (nSPS) is 11.4. The Morgan fingerprint density at radius 1 is 0.912 bits per heavy atom. The summed E-state index contributed by atoms with van der Waals surface area (Å²) in [6, 6.07) is 19.2. The minimum Gasteiger partial charge on any atom is -0.497 e. The Hall–Kier alpha value is -4.19. The van der Waals surface area contributed by atoms with Gasteiger partial charge in [0.2, 0.25) is 5.91 Å². The van der Waals surface area contributed by atoms with Gasteiger partial charge in [-0.15, -0.1) is 0 Å². The molecule has 0 fully saturated rings. The smallest absolute Gasteiger partial charge is 0.244 e. The number of carbonyl (C=O) groups is 1. The van der Waals surface area contributed by atoms with Crippen LogP contribution in [0.15, 0.2) is 77.4 Å². The lowest BCUT2D eigenvalue weighted by Gasteiger charge is -2.12. The van der Waals surface area contributed by atoms with Crippen LogP contribution in [0.1, 0.15) is 18.1 Å². The van der Waals surface area contributed by atoms with Crippen molar-refractivity contribution in [2.45, 2.75) is 13.5 Å². The number of fused-ring (bicyclic) bond motifs is 1. The number of ether oxygens (including phenoxy) is 3. The van der Waals surface area contributed by atoms with Crippen LogP contribution in [0.25, 0.3) is 27.7 Å². The lowest BCUT2D eigenvalue weighted by atomic mass is 9.98. The molecule has 34 heavy (non-hydrogen) atoms. The minimum absolute atomic E-state index is 0.176. The molecule has 0 unspecified atom stereocenters. The van der Waals surface area contributed by atoms with Crippen molar-refractivity contribution in [1.82, 2.24) is 5.32 Å². The first kappa shape index (κ1) is 23.0. The molecule has 6 heteroatoms. The molecule has 1 aromatic heterocycles. The fraction of sp³-hybridized carbons (Fsp3) is 0.179. The van der Waals surface area contributed by atoms with Crippen molar-refractivity contribution in [2.24, 2.45) is 0 Å². The highest BCUT2D eigenvalue weighted by Crippen LogP contribution is 2.41. The monoisotopic (exact) mass is 457 g/mol. The van der Waals surface area contributed by atoms with Crippen molar-refractivity contribution in [3.8, 4) is 28.4 Å². The van der Waals surface area contributed by atoms with Crippen LogP contribution in [-0.2, 0) is 11.3 Å². The average Bonchev–Trinajstić information content (AvgIpc) is 3.29. The summed E-state index contributed by atoms with van der Waals surface area (Å²) in [5.74, 6) is 1.86. The molecule has 0 atom stereocenters. The summed E-state index contributed by atoms with van der Waals surface area (Å²) in [5.41, 5.74) is 4.98. The van der Waals surface area contributed by atoms with Crippen LogP contribution in [0.5, 0.6) is 17.2 Å². The highest BCUT2D eigenvalue weighted by molar-refractivity contribution is 6.01. The molecule has 1 amide bonds. The Morgan fingerprint density at radius 3 is 2.38 bits per heavy atom. The molecule has 1 heterocycles. The van der Waals surface area contributed by atoms with E-state index in [1.165, 1.54) is 0 Å². The Balaban J connectivity index is 1.70. The number of amides is 1. The van der Waals surface area contributed by atoms with E-state index in [0.29, 0.717) is 29.4 Å². The van der Waals surface area contributed by atoms with Crippen molar-refractivity contribution in [3.63, 3.8) is 0 Å². The first-order chi connectivity index (χ1) is 16.5. The molecule has 6 nitrogen and oxygen atoms in total. The topological polar surface area (TPSA) is 69.9 Å². The van der Waals surface area contributed by atoms with Gasteiger partial charge in [-0.25, -0.2) is 0 Å². The Labute approximate surface area is 198 Å². The second-order valence-electron chi connectivity index (χ2n) is 7.79. The van der Waals surface area contributed by atoms with E-state index in [4.69, 9.17) is 18.6 Å². The van der Waals surface area contributed by atoms with Gasteiger partial charge < -0.3 is 23.9 Å². The quantitative estimate of drug-likeness (QED) is 0.336. The summed E-state index contributed by atoms with van der Waals surface area (Å²) >= 11 is 0. The van der Waals surface area contributed by atoms with Crippen LogP contribution >= 0.6 is 0 Å². The maximum Gasteiger partial charge on any atom is 0.244 e. The zero-order valence-electron chi connectivity index (χ0n) is 19.7. The maximum atomic E-state index is 12.6. The number of rotatable bonds is 8. The molecule has 0 saturated heterocycles. The van der Waals surface area contributed by atoms with Crippen molar-refractivity contribution < 1.29 is 23.4 Å². The number of carbonyl (C=O) groups excluding carboxylic acids is 1. The van der Waals surface area contributed by atoms with Gasteiger partial charge in [0.1, 0.15) is 22.8 Å². The van der Waals surface area contributed by atoms with Crippen LogP contribution < -0.4 is 19.5 Å². The summed E-state index contributed by atoms with van der Waals surface area (Å²) in [7, 11) is 4.85. The molecule has 0 aliphatic rings. The summed E-state index contributed by atoms with van der Waals surface area (Å²) in [6.07, 6.45) is 3.27. The SMILES string of the molecule is COc1ccc(OC)c(-c2coc3cc(OC)c(/C(C)=C/C(=O)NCc4ccccc4)cc23)c1. The third-order valence-corrected chi connectivity index (χ3v) is 5.67. The van der Waals surface area contributed by atoms with Crippen molar-refractivity contribution in [2.75, 3.05) is 21.3 Å². The Kier molecular flexibility index (Phi) is 6.87. The summed E-state index contributed by atoms with van der Waals surface area (Å²) in [6.45, 7) is 2.35. The number of furan rings is 1. The molecule has 4 rings (SSSR count). The number of hydrogen-bond donors (Lipinski definition) is 1. The highest BCUT2D eigenvalue weighted by atomic mass is 16.5. The molecule has 4 aromatic rings. The fourth-order valence-electron chi connectivity index (χ4n) is 3.88. The van der Waals surface area contributed by atoms with Gasteiger partial charge in [0, 0.05) is 40.8 Å². The Bertz CT molecular complexity index is 1340. The van der Waals surface area contributed by atoms with E-state index >= 15 is 0 Å². The first-order valence-corrected chi connectivity index (χ1v) is 10.9. The number of allylic oxidation sites excluding steroid dienone is 1. The molecular weight excluding hydrogens is 430 g/mol. The highest BCUT2D eigenvalue weighted by Gasteiger charge is 2.18. The number of nitrogens with one attached hydrogen (secondary N) is 1. The molecule has 3 aromatic carbocycles. The van der Waals surface area contributed by atoms with E-state index in [9.17, 15) is 4.79 Å². The molecule has 174 valence electrons. The predicted molar refractivity (Wildman–Crippen MR) is 133 cm³/mol. The van der Waals surface area contributed by atoms with Crippen molar-refractivity contribution in [1.29, 1.82) is 0 Å². The van der Waals surface area contributed by atoms with E-state index in [-0.39, 0.29) is 5.91 Å². The van der Waals surface area contributed by atoms with E-state index in [1.54, 1.807) is 33.7 Å². The van der Waals surface area contributed by atoms with Crippen molar-refractivity contribution >= 4 is 22.4 Å². The molecule has 0 aliphatic heterocycles. The minimum atomic E-state index is -0.176. The third kappa shape index (κ3) is 4.76. The Morgan fingerprint density at radius 2 is 1.68 bits per heavy atom. The fourth-order valence-corrected chi connectivity index (χ4v) is 3.88. The van der Waals surface area contributed by atoms with Crippen LogP contribution in [0, 0.1) is 0 Å². The van der Waals surface area contributed by atoms with Crippen LogP contribution in [0.3, 0.4) is 0 Å².